The molecule has 3 N–H and O–H groups in total. The van der Waals surface area contributed by atoms with E-state index in [-0.39, 0.29) is 11.6 Å². The molecule has 1 unspecified atom stereocenters. The second-order valence-corrected chi connectivity index (χ2v) is 4.66. The van der Waals surface area contributed by atoms with Crippen molar-refractivity contribution < 1.29 is 4.74 Å². The first kappa shape index (κ1) is 14.2. The third-order valence-corrected chi connectivity index (χ3v) is 3.01. The molecule has 0 aliphatic rings. The van der Waals surface area contributed by atoms with Gasteiger partial charge in [0.05, 0.1) is 17.8 Å². The first-order valence-corrected chi connectivity index (χ1v) is 6.14. The summed E-state index contributed by atoms with van der Waals surface area (Å²) in [4.78, 5) is 0. The van der Waals surface area contributed by atoms with Crippen molar-refractivity contribution in [1.82, 2.24) is 15.2 Å². The van der Waals surface area contributed by atoms with E-state index in [1.54, 1.807) is 0 Å². The van der Waals surface area contributed by atoms with E-state index in [0.717, 1.165) is 13.0 Å². The van der Waals surface area contributed by atoms with Gasteiger partial charge in [0.1, 0.15) is 0 Å². The highest BCUT2D eigenvalue weighted by atomic mass is 16.5. The average Bonchev–Trinajstić information content (AvgIpc) is 2.73. The Kier molecular flexibility index (Phi) is 5.11. The molecule has 5 heteroatoms. The SMILES string of the molecule is CCOC(C)(C)C(Cc1cnn(CC)c1)NN. The summed E-state index contributed by atoms with van der Waals surface area (Å²) in [6.07, 6.45) is 4.74. The van der Waals surface area contributed by atoms with Crippen LogP contribution < -0.4 is 11.3 Å². The molecule has 5 nitrogen and oxygen atoms in total. The van der Waals surface area contributed by atoms with Crippen LogP contribution in [0, 0.1) is 0 Å². The lowest BCUT2D eigenvalue weighted by atomic mass is 9.94. The maximum Gasteiger partial charge on any atom is 0.0795 e. The van der Waals surface area contributed by atoms with Crippen LogP contribution in [0.2, 0.25) is 0 Å². The summed E-state index contributed by atoms with van der Waals surface area (Å²) >= 11 is 0. The molecule has 0 bridgehead atoms. The number of hydrazine groups is 1. The Balaban J connectivity index is 2.69. The van der Waals surface area contributed by atoms with Gasteiger partial charge in [-0.3, -0.25) is 16.0 Å². The molecule has 1 aromatic rings. The van der Waals surface area contributed by atoms with E-state index < -0.39 is 0 Å². The van der Waals surface area contributed by atoms with Gasteiger partial charge in [-0.25, -0.2) is 0 Å². The largest absolute Gasteiger partial charge is 0.374 e. The number of nitrogens with two attached hydrogens (primary N) is 1. The molecule has 0 aliphatic heterocycles. The topological polar surface area (TPSA) is 65.1 Å². The molecule has 1 heterocycles. The summed E-state index contributed by atoms with van der Waals surface area (Å²) in [5.74, 6) is 5.62. The van der Waals surface area contributed by atoms with Crippen LogP contribution in [0.15, 0.2) is 12.4 Å². The van der Waals surface area contributed by atoms with Crippen molar-refractivity contribution in [1.29, 1.82) is 0 Å². The van der Waals surface area contributed by atoms with Crippen molar-refractivity contribution in [3.8, 4) is 0 Å². The molecule has 1 aromatic heterocycles. The zero-order valence-electron chi connectivity index (χ0n) is 11.2. The highest BCUT2D eigenvalue weighted by Crippen LogP contribution is 2.18. The quantitative estimate of drug-likeness (QED) is 0.553. The number of nitrogens with zero attached hydrogens (tertiary/aromatic N) is 2. The molecule has 0 amide bonds. The minimum atomic E-state index is -0.294. The second-order valence-electron chi connectivity index (χ2n) is 4.66. The van der Waals surface area contributed by atoms with Gasteiger partial charge in [-0.1, -0.05) is 0 Å². The van der Waals surface area contributed by atoms with E-state index in [9.17, 15) is 0 Å². The minimum Gasteiger partial charge on any atom is -0.374 e. The maximum absolute atomic E-state index is 5.72. The van der Waals surface area contributed by atoms with Crippen LogP contribution in [0.3, 0.4) is 0 Å². The predicted octanol–water partition coefficient (Wildman–Crippen LogP) is 1.09. The van der Waals surface area contributed by atoms with E-state index in [4.69, 9.17) is 10.6 Å². The molecule has 0 spiro atoms. The molecular weight excluding hydrogens is 216 g/mol. The van der Waals surface area contributed by atoms with Gasteiger partial charge in [-0.15, -0.1) is 0 Å². The summed E-state index contributed by atoms with van der Waals surface area (Å²) in [5, 5.41) is 4.26. The normalized spacial score (nSPS) is 13.9. The Morgan fingerprint density at radius 3 is 2.71 bits per heavy atom. The maximum atomic E-state index is 5.72. The van der Waals surface area contributed by atoms with E-state index >= 15 is 0 Å². The summed E-state index contributed by atoms with van der Waals surface area (Å²) in [6, 6.07) is 0.0666. The molecule has 0 aromatic carbocycles. The molecular formula is C12H24N4O. The molecule has 0 saturated heterocycles. The molecule has 1 atom stereocenters. The van der Waals surface area contributed by atoms with Gasteiger partial charge in [-0.2, -0.15) is 5.10 Å². The van der Waals surface area contributed by atoms with Crippen molar-refractivity contribution in [3.05, 3.63) is 18.0 Å². The summed E-state index contributed by atoms with van der Waals surface area (Å²) in [6.45, 7) is 9.72. The van der Waals surface area contributed by atoms with Gasteiger partial charge in [0.2, 0.25) is 0 Å². The van der Waals surface area contributed by atoms with Crippen molar-refractivity contribution in [2.75, 3.05) is 6.61 Å². The average molecular weight is 240 g/mol. The van der Waals surface area contributed by atoms with E-state index in [1.165, 1.54) is 5.56 Å². The number of hydrogen-bond donors (Lipinski definition) is 2. The van der Waals surface area contributed by atoms with E-state index in [1.807, 2.05) is 37.8 Å². The van der Waals surface area contributed by atoms with Crippen LogP contribution in [0.1, 0.15) is 33.3 Å². The van der Waals surface area contributed by atoms with Gasteiger partial charge in [0.15, 0.2) is 0 Å². The third kappa shape index (κ3) is 3.80. The summed E-state index contributed by atoms with van der Waals surface area (Å²) in [5.41, 5.74) is 3.72. The zero-order valence-corrected chi connectivity index (χ0v) is 11.2. The number of nitrogens with one attached hydrogen (secondary N) is 1. The molecule has 0 radical (unpaired) electrons. The fourth-order valence-electron chi connectivity index (χ4n) is 1.90. The van der Waals surface area contributed by atoms with E-state index in [2.05, 4.69) is 17.4 Å². The Labute approximate surface area is 103 Å². The Morgan fingerprint density at radius 1 is 1.53 bits per heavy atom. The van der Waals surface area contributed by atoms with Crippen LogP contribution >= 0.6 is 0 Å². The molecule has 0 saturated carbocycles. The summed E-state index contributed by atoms with van der Waals surface area (Å²) < 4.78 is 7.63. The lowest BCUT2D eigenvalue weighted by Gasteiger charge is -2.33. The standard InChI is InChI=1S/C12H24N4O/c1-5-16-9-10(8-14-16)7-11(15-13)12(3,4)17-6-2/h8-9,11,15H,5-7,13H2,1-4H3. The minimum absolute atomic E-state index is 0.0666. The van der Waals surface area contributed by atoms with Crippen molar-refractivity contribution in [2.45, 2.75) is 52.3 Å². The fraction of sp³-hybridized carbons (Fsp3) is 0.750. The number of aryl methyl sites for hydroxylation is 1. The third-order valence-electron chi connectivity index (χ3n) is 3.01. The Morgan fingerprint density at radius 2 is 2.24 bits per heavy atom. The van der Waals surface area contributed by atoms with Crippen molar-refractivity contribution in [3.63, 3.8) is 0 Å². The molecule has 98 valence electrons. The molecule has 0 fully saturated rings. The summed E-state index contributed by atoms with van der Waals surface area (Å²) in [7, 11) is 0. The van der Waals surface area contributed by atoms with Crippen LogP contribution in [0.4, 0.5) is 0 Å². The van der Waals surface area contributed by atoms with Gasteiger partial charge in [-0.05, 0) is 39.7 Å². The van der Waals surface area contributed by atoms with Gasteiger partial charge < -0.3 is 4.74 Å². The van der Waals surface area contributed by atoms with Crippen LogP contribution in [0.5, 0.6) is 0 Å². The number of hydrogen-bond acceptors (Lipinski definition) is 4. The van der Waals surface area contributed by atoms with Crippen LogP contribution in [-0.2, 0) is 17.7 Å². The lowest BCUT2D eigenvalue weighted by molar-refractivity contribution is -0.0380. The first-order chi connectivity index (χ1) is 8.03. The smallest absolute Gasteiger partial charge is 0.0795 e. The second kappa shape index (κ2) is 6.14. The monoisotopic (exact) mass is 240 g/mol. The van der Waals surface area contributed by atoms with Crippen molar-refractivity contribution in [2.24, 2.45) is 5.84 Å². The van der Waals surface area contributed by atoms with Gasteiger partial charge in [0.25, 0.3) is 0 Å². The molecule has 0 aliphatic carbocycles. The zero-order chi connectivity index (χ0) is 12.9. The highest BCUT2D eigenvalue weighted by Gasteiger charge is 2.29. The van der Waals surface area contributed by atoms with Crippen LogP contribution in [0.25, 0.3) is 0 Å². The highest BCUT2D eigenvalue weighted by molar-refractivity contribution is 5.08. The first-order valence-electron chi connectivity index (χ1n) is 6.14. The molecule has 1 rings (SSSR count). The van der Waals surface area contributed by atoms with Gasteiger partial charge >= 0.3 is 0 Å². The van der Waals surface area contributed by atoms with E-state index in [0.29, 0.717) is 6.61 Å². The van der Waals surface area contributed by atoms with Crippen LogP contribution in [-0.4, -0.2) is 28.0 Å². The Hall–Kier alpha value is -0.910. The van der Waals surface area contributed by atoms with Crippen molar-refractivity contribution >= 4 is 0 Å². The Bertz CT molecular complexity index is 335. The number of aromatic nitrogens is 2. The van der Waals surface area contributed by atoms with Gasteiger partial charge in [0, 0.05) is 19.3 Å². The predicted molar refractivity (Wildman–Crippen MR) is 68.4 cm³/mol. The molecule has 17 heavy (non-hydrogen) atoms. The number of ether oxygens (including phenoxy) is 1. The fourth-order valence-corrected chi connectivity index (χ4v) is 1.90. The number of rotatable bonds is 7. The lowest BCUT2D eigenvalue weighted by Crippen LogP contribution is -2.52.